The molecule has 3 rings (SSSR count). The number of rotatable bonds is 2. The topological polar surface area (TPSA) is 89.6 Å². The Morgan fingerprint density at radius 3 is 2.74 bits per heavy atom. The highest BCUT2D eigenvalue weighted by Crippen LogP contribution is 2.18. The summed E-state index contributed by atoms with van der Waals surface area (Å²) in [4.78, 5) is 22.7. The van der Waals surface area contributed by atoms with Gasteiger partial charge in [0.1, 0.15) is 0 Å². The van der Waals surface area contributed by atoms with E-state index in [1.165, 1.54) is 0 Å². The van der Waals surface area contributed by atoms with Crippen molar-refractivity contribution in [1.29, 1.82) is 0 Å². The lowest BCUT2D eigenvalue weighted by molar-refractivity contribution is 0.796. The largest absolute Gasteiger partial charge is 0.369 e. The molecule has 0 fully saturated rings. The average Bonchev–Trinajstić information content (AvgIpc) is 2.67. The number of hydrogen-bond acceptors (Lipinski definition) is 4. The fourth-order valence-corrected chi connectivity index (χ4v) is 2.41. The van der Waals surface area contributed by atoms with E-state index >= 15 is 0 Å². The zero-order valence-corrected chi connectivity index (χ0v) is 11.4. The first-order chi connectivity index (χ1) is 9.15. The minimum absolute atomic E-state index is 0.0642. The Kier molecular flexibility index (Phi) is 2.83. The molecule has 3 aromatic rings. The van der Waals surface area contributed by atoms with E-state index in [1.807, 2.05) is 30.3 Å². The number of H-pyrrole nitrogens is 1. The van der Waals surface area contributed by atoms with Crippen LogP contribution in [0.2, 0.25) is 0 Å². The Hall–Kier alpha value is -2.15. The molecule has 7 heteroatoms. The summed E-state index contributed by atoms with van der Waals surface area (Å²) in [5.74, 6) is 0.0642. The molecule has 0 spiro atoms. The number of anilines is 1. The van der Waals surface area contributed by atoms with Crippen LogP contribution in [0.25, 0.3) is 11.2 Å². The molecule has 3 N–H and O–H groups in total. The van der Waals surface area contributed by atoms with Gasteiger partial charge in [0.2, 0.25) is 5.95 Å². The number of benzene rings is 1. The number of nitrogens with two attached hydrogens (primary N) is 1. The summed E-state index contributed by atoms with van der Waals surface area (Å²) in [5, 5.41) is 0. The quantitative estimate of drug-likeness (QED) is 0.701. The van der Waals surface area contributed by atoms with E-state index in [0.29, 0.717) is 22.4 Å². The molecule has 0 atom stereocenters. The highest BCUT2D eigenvalue weighted by atomic mass is 79.9. The minimum atomic E-state index is -0.295. The first-order valence-corrected chi connectivity index (χ1v) is 6.40. The van der Waals surface area contributed by atoms with Crippen molar-refractivity contribution < 1.29 is 0 Å². The number of hydrogen-bond donors (Lipinski definition) is 2. The summed E-state index contributed by atoms with van der Waals surface area (Å²) in [5.41, 5.74) is 7.02. The smallest absolute Gasteiger partial charge is 0.278 e. The van der Waals surface area contributed by atoms with Crippen molar-refractivity contribution in [3.8, 4) is 0 Å². The van der Waals surface area contributed by atoms with E-state index in [-0.39, 0.29) is 11.5 Å². The Bertz CT molecular complexity index is 793. The summed E-state index contributed by atoms with van der Waals surface area (Å²) in [6.45, 7) is 0.534. The Morgan fingerprint density at radius 2 is 2.00 bits per heavy atom. The molecule has 0 radical (unpaired) electrons. The fourth-order valence-electron chi connectivity index (χ4n) is 1.94. The van der Waals surface area contributed by atoms with Gasteiger partial charge in [-0.3, -0.25) is 9.78 Å². The van der Waals surface area contributed by atoms with E-state index in [2.05, 4.69) is 30.9 Å². The third kappa shape index (κ3) is 2.12. The summed E-state index contributed by atoms with van der Waals surface area (Å²) < 4.78 is 2.31. The Morgan fingerprint density at radius 1 is 1.26 bits per heavy atom. The maximum Gasteiger partial charge on any atom is 0.278 e. The van der Waals surface area contributed by atoms with Crippen LogP contribution < -0.4 is 11.3 Å². The molecule has 19 heavy (non-hydrogen) atoms. The van der Waals surface area contributed by atoms with Gasteiger partial charge in [-0.05, 0) is 21.5 Å². The fraction of sp³-hybridized carbons (Fsp3) is 0.0833. The van der Waals surface area contributed by atoms with E-state index in [4.69, 9.17) is 5.73 Å². The minimum Gasteiger partial charge on any atom is -0.369 e. The molecule has 1 aromatic carbocycles. The molecule has 2 heterocycles. The first-order valence-electron chi connectivity index (χ1n) is 5.60. The lowest BCUT2D eigenvalue weighted by Crippen LogP contribution is -2.15. The number of halogens is 1. The van der Waals surface area contributed by atoms with Crippen LogP contribution in [0.3, 0.4) is 0 Å². The van der Waals surface area contributed by atoms with Crippen LogP contribution in [-0.4, -0.2) is 19.5 Å². The normalized spacial score (nSPS) is 11.0. The van der Waals surface area contributed by atoms with Crippen molar-refractivity contribution in [2.45, 2.75) is 6.54 Å². The molecule has 2 aromatic heterocycles. The van der Waals surface area contributed by atoms with Crippen molar-refractivity contribution in [1.82, 2.24) is 19.5 Å². The van der Waals surface area contributed by atoms with E-state index in [9.17, 15) is 4.79 Å². The zero-order valence-electron chi connectivity index (χ0n) is 9.80. The van der Waals surface area contributed by atoms with Crippen LogP contribution in [-0.2, 0) is 6.54 Å². The lowest BCUT2D eigenvalue weighted by atomic mass is 10.2. The predicted octanol–water partition coefficient (Wildman–Crippen LogP) is 1.51. The number of nitrogen functional groups attached to an aromatic ring is 1. The van der Waals surface area contributed by atoms with Crippen LogP contribution >= 0.6 is 15.9 Å². The van der Waals surface area contributed by atoms with Crippen LogP contribution in [0.4, 0.5) is 5.95 Å². The van der Waals surface area contributed by atoms with Gasteiger partial charge in [-0.2, -0.15) is 4.98 Å². The SMILES string of the molecule is Nc1nc2nc(Br)n(Cc3ccccc3)c2c(=O)[nH]1. The molecule has 0 saturated heterocycles. The number of imidazole rings is 1. The monoisotopic (exact) mass is 319 g/mol. The molecular formula is C12H10BrN5O. The van der Waals surface area contributed by atoms with Gasteiger partial charge in [0.05, 0.1) is 6.54 Å². The van der Waals surface area contributed by atoms with E-state index in [1.54, 1.807) is 4.57 Å². The summed E-state index contributed by atoms with van der Waals surface area (Å²) in [6.07, 6.45) is 0. The second kappa shape index (κ2) is 4.51. The van der Waals surface area contributed by atoms with Crippen molar-refractivity contribution in [3.05, 3.63) is 51.0 Å². The number of nitrogens with one attached hydrogen (secondary N) is 1. The maximum absolute atomic E-state index is 12.0. The van der Waals surface area contributed by atoms with Crippen molar-refractivity contribution in [2.24, 2.45) is 0 Å². The Labute approximate surface area is 116 Å². The molecule has 0 aliphatic carbocycles. The van der Waals surface area contributed by atoms with Crippen molar-refractivity contribution in [2.75, 3.05) is 5.73 Å². The van der Waals surface area contributed by atoms with Gasteiger partial charge in [0, 0.05) is 0 Å². The molecule has 0 amide bonds. The third-order valence-corrected chi connectivity index (χ3v) is 3.37. The number of aromatic nitrogens is 4. The van der Waals surface area contributed by atoms with Crippen molar-refractivity contribution in [3.63, 3.8) is 0 Å². The van der Waals surface area contributed by atoms with Gasteiger partial charge in [-0.25, -0.2) is 4.98 Å². The molecular weight excluding hydrogens is 310 g/mol. The molecule has 0 aliphatic rings. The summed E-state index contributed by atoms with van der Waals surface area (Å²) in [7, 11) is 0. The van der Waals surface area contributed by atoms with Crippen LogP contribution in [0, 0.1) is 0 Å². The van der Waals surface area contributed by atoms with Crippen molar-refractivity contribution >= 4 is 33.0 Å². The van der Waals surface area contributed by atoms with Crippen LogP contribution in [0.1, 0.15) is 5.56 Å². The van der Waals surface area contributed by atoms with E-state index in [0.717, 1.165) is 5.56 Å². The average molecular weight is 320 g/mol. The van der Waals surface area contributed by atoms with Crippen LogP contribution in [0.5, 0.6) is 0 Å². The lowest BCUT2D eigenvalue weighted by Gasteiger charge is -2.05. The highest BCUT2D eigenvalue weighted by molar-refractivity contribution is 9.10. The molecule has 0 aliphatic heterocycles. The molecule has 0 bridgehead atoms. The molecule has 0 saturated carbocycles. The number of fused-ring (bicyclic) bond motifs is 1. The number of aromatic amines is 1. The van der Waals surface area contributed by atoms with Gasteiger partial charge in [0.15, 0.2) is 15.9 Å². The van der Waals surface area contributed by atoms with Crippen LogP contribution in [0.15, 0.2) is 39.9 Å². The summed E-state index contributed by atoms with van der Waals surface area (Å²) in [6, 6.07) is 9.81. The number of nitrogens with zero attached hydrogens (tertiary/aromatic N) is 3. The maximum atomic E-state index is 12.0. The van der Waals surface area contributed by atoms with Gasteiger partial charge in [0.25, 0.3) is 5.56 Å². The Balaban J connectivity index is 2.19. The molecule has 6 nitrogen and oxygen atoms in total. The first kappa shape index (κ1) is 11.9. The zero-order chi connectivity index (χ0) is 13.4. The van der Waals surface area contributed by atoms with Gasteiger partial charge in [-0.1, -0.05) is 30.3 Å². The highest BCUT2D eigenvalue weighted by Gasteiger charge is 2.14. The standard InChI is InChI=1S/C12H10BrN5O/c13-11-15-9-8(10(19)17-12(14)16-9)18(11)6-7-4-2-1-3-5-7/h1-5H,6H2,(H3,14,16,17,19). The second-order valence-corrected chi connectivity index (χ2v) is 4.79. The predicted molar refractivity (Wildman–Crippen MR) is 75.8 cm³/mol. The molecule has 96 valence electrons. The summed E-state index contributed by atoms with van der Waals surface area (Å²) >= 11 is 3.34. The molecule has 0 unspecified atom stereocenters. The third-order valence-electron chi connectivity index (χ3n) is 2.77. The van der Waals surface area contributed by atoms with E-state index < -0.39 is 0 Å². The van der Waals surface area contributed by atoms with Gasteiger partial charge >= 0.3 is 0 Å². The van der Waals surface area contributed by atoms with Gasteiger partial charge < -0.3 is 10.3 Å². The van der Waals surface area contributed by atoms with Gasteiger partial charge in [-0.15, -0.1) is 0 Å². The second-order valence-electron chi connectivity index (χ2n) is 4.08.